The van der Waals surface area contributed by atoms with Crippen molar-refractivity contribution in [1.82, 2.24) is 0 Å². The smallest absolute Gasteiger partial charge is 0.316 e. The van der Waals surface area contributed by atoms with Gasteiger partial charge >= 0.3 is 5.97 Å². The van der Waals surface area contributed by atoms with E-state index in [0.717, 1.165) is 9.37 Å². The zero-order valence-electron chi connectivity index (χ0n) is 8.70. The Bertz CT molecular complexity index is 428. The molecule has 0 aliphatic heterocycles. The molecule has 0 bridgehead atoms. The predicted octanol–water partition coefficient (Wildman–Crippen LogP) is 2.98. The van der Waals surface area contributed by atoms with Crippen LogP contribution in [0.15, 0.2) is 27.6 Å². The van der Waals surface area contributed by atoms with E-state index in [1.165, 1.54) is 11.8 Å². The van der Waals surface area contributed by atoms with E-state index in [0.29, 0.717) is 12.2 Å². The Balaban J connectivity index is 2.64. The number of rotatable bonds is 4. The van der Waals surface area contributed by atoms with E-state index >= 15 is 0 Å². The van der Waals surface area contributed by atoms with E-state index < -0.39 is 0 Å². The van der Waals surface area contributed by atoms with Crippen molar-refractivity contribution in [2.75, 3.05) is 12.4 Å². The van der Waals surface area contributed by atoms with Crippen LogP contribution in [0.4, 0.5) is 0 Å². The minimum Gasteiger partial charge on any atom is -0.465 e. The van der Waals surface area contributed by atoms with Gasteiger partial charge in [-0.05, 0) is 25.1 Å². The van der Waals surface area contributed by atoms with Gasteiger partial charge in [0.25, 0.3) is 0 Å². The van der Waals surface area contributed by atoms with Crippen LogP contribution < -0.4 is 0 Å². The molecule has 0 fully saturated rings. The van der Waals surface area contributed by atoms with Crippen LogP contribution in [0.25, 0.3) is 0 Å². The maximum absolute atomic E-state index is 11.1. The van der Waals surface area contributed by atoms with Crippen molar-refractivity contribution in [2.45, 2.75) is 11.8 Å². The molecule has 0 unspecified atom stereocenters. The number of hydrogen-bond donors (Lipinski definition) is 0. The molecule has 0 amide bonds. The van der Waals surface area contributed by atoms with Gasteiger partial charge in [0, 0.05) is 9.37 Å². The Labute approximate surface area is 107 Å². The highest BCUT2D eigenvalue weighted by molar-refractivity contribution is 9.10. The summed E-state index contributed by atoms with van der Waals surface area (Å²) < 4.78 is 5.65. The lowest BCUT2D eigenvalue weighted by Gasteiger charge is -2.03. The summed E-state index contributed by atoms with van der Waals surface area (Å²) in [6.45, 7) is 2.16. The Morgan fingerprint density at radius 3 is 2.94 bits per heavy atom. The highest BCUT2D eigenvalue weighted by Gasteiger charge is 2.05. The van der Waals surface area contributed by atoms with Gasteiger partial charge < -0.3 is 4.74 Å². The number of hydrogen-bond acceptors (Lipinski definition) is 4. The predicted molar refractivity (Wildman–Crippen MR) is 66.2 cm³/mol. The first-order valence-electron chi connectivity index (χ1n) is 4.65. The number of carbonyl (C=O) groups excluding carboxylic acids is 1. The largest absolute Gasteiger partial charge is 0.465 e. The second kappa shape index (κ2) is 6.56. The number of ether oxygens (including phenoxy) is 1. The minimum absolute atomic E-state index is 0.244. The number of halogens is 1. The summed E-state index contributed by atoms with van der Waals surface area (Å²) in [4.78, 5) is 12.0. The van der Waals surface area contributed by atoms with Gasteiger partial charge in [-0.15, -0.1) is 11.8 Å². The molecule has 0 saturated heterocycles. The summed E-state index contributed by atoms with van der Waals surface area (Å²) in [5.41, 5.74) is 0.570. The van der Waals surface area contributed by atoms with Crippen LogP contribution in [0.2, 0.25) is 0 Å². The van der Waals surface area contributed by atoms with Crippen molar-refractivity contribution in [2.24, 2.45) is 0 Å². The van der Waals surface area contributed by atoms with Gasteiger partial charge in [-0.25, -0.2) is 0 Å². The van der Waals surface area contributed by atoms with Crippen molar-refractivity contribution in [3.63, 3.8) is 0 Å². The summed E-state index contributed by atoms with van der Waals surface area (Å²) >= 11 is 4.67. The van der Waals surface area contributed by atoms with Crippen molar-refractivity contribution in [1.29, 1.82) is 5.26 Å². The molecule has 1 aromatic rings. The lowest BCUT2D eigenvalue weighted by atomic mass is 10.2. The fourth-order valence-corrected chi connectivity index (χ4v) is 2.49. The van der Waals surface area contributed by atoms with Crippen LogP contribution in [0.3, 0.4) is 0 Å². The normalized spacial score (nSPS) is 9.56. The Kier molecular flexibility index (Phi) is 5.36. The van der Waals surface area contributed by atoms with Crippen LogP contribution in [-0.2, 0) is 9.53 Å². The average molecular weight is 300 g/mol. The van der Waals surface area contributed by atoms with E-state index in [-0.39, 0.29) is 11.7 Å². The van der Waals surface area contributed by atoms with Gasteiger partial charge in [0.1, 0.15) is 0 Å². The molecule has 1 aromatic carbocycles. The molecule has 1 rings (SSSR count). The van der Waals surface area contributed by atoms with Crippen LogP contribution in [-0.4, -0.2) is 18.3 Å². The lowest BCUT2D eigenvalue weighted by molar-refractivity contribution is -0.139. The fourth-order valence-electron chi connectivity index (χ4n) is 1.06. The second-order valence-electron chi connectivity index (χ2n) is 2.88. The van der Waals surface area contributed by atoms with Crippen LogP contribution >= 0.6 is 27.7 Å². The topological polar surface area (TPSA) is 50.1 Å². The summed E-state index contributed by atoms with van der Waals surface area (Å²) in [7, 11) is 0. The molecule has 0 radical (unpaired) electrons. The van der Waals surface area contributed by atoms with E-state index in [1.54, 1.807) is 19.1 Å². The third-order valence-corrected chi connectivity index (χ3v) is 3.07. The molecule has 0 N–H and O–H groups in total. The number of benzene rings is 1. The maximum atomic E-state index is 11.1. The zero-order valence-corrected chi connectivity index (χ0v) is 11.1. The molecule has 0 spiro atoms. The molecule has 0 aromatic heterocycles. The van der Waals surface area contributed by atoms with E-state index in [1.807, 2.05) is 6.07 Å². The van der Waals surface area contributed by atoms with Crippen molar-refractivity contribution in [3.05, 3.63) is 28.2 Å². The molecular weight excluding hydrogens is 290 g/mol. The van der Waals surface area contributed by atoms with Gasteiger partial charge in [0.05, 0.1) is 24.0 Å². The van der Waals surface area contributed by atoms with Crippen LogP contribution in [0.1, 0.15) is 12.5 Å². The minimum atomic E-state index is -0.244. The monoisotopic (exact) mass is 299 g/mol. The fraction of sp³-hybridized carbons (Fsp3) is 0.273. The van der Waals surface area contributed by atoms with Crippen molar-refractivity contribution >= 4 is 33.7 Å². The average Bonchev–Trinajstić information content (AvgIpc) is 2.26. The van der Waals surface area contributed by atoms with E-state index in [9.17, 15) is 4.79 Å². The van der Waals surface area contributed by atoms with Gasteiger partial charge in [-0.3, -0.25) is 4.79 Å². The molecule has 5 heteroatoms. The summed E-state index contributed by atoms with van der Waals surface area (Å²) in [5.74, 6) is 0.0146. The number of carbonyl (C=O) groups is 1. The summed E-state index contributed by atoms with van der Waals surface area (Å²) in [6, 6.07) is 7.40. The molecule has 0 heterocycles. The maximum Gasteiger partial charge on any atom is 0.316 e. The van der Waals surface area contributed by atoms with Crippen molar-refractivity contribution < 1.29 is 9.53 Å². The molecular formula is C11H10BrNO2S. The van der Waals surface area contributed by atoms with E-state index in [2.05, 4.69) is 22.0 Å². The first-order valence-corrected chi connectivity index (χ1v) is 6.42. The number of nitriles is 1. The van der Waals surface area contributed by atoms with Crippen LogP contribution in [0.5, 0.6) is 0 Å². The van der Waals surface area contributed by atoms with E-state index in [4.69, 9.17) is 10.00 Å². The Morgan fingerprint density at radius 2 is 2.31 bits per heavy atom. The third kappa shape index (κ3) is 4.25. The van der Waals surface area contributed by atoms with Crippen molar-refractivity contribution in [3.8, 4) is 6.07 Å². The third-order valence-electron chi connectivity index (χ3n) is 1.66. The standard InChI is InChI=1S/C11H10BrNO2S/c1-2-15-11(14)7-16-10-4-8(6-13)3-9(12)5-10/h3-5H,2,7H2,1H3. The molecule has 0 aliphatic rings. The van der Waals surface area contributed by atoms with Crippen LogP contribution in [0, 0.1) is 11.3 Å². The highest BCUT2D eigenvalue weighted by atomic mass is 79.9. The SMILES string of the molecule is CCOC(=O)CSc1cc(Br)cc(C#N)c1. The Morgan fingerprint density at radius 1 is 1.56 bits per heavy atom. The van der Waals surface area contributed by atoms with Gasteiger partial charge in [0.2, 0.25) is 0 Å². The first kappa shape index (κ1) is 13.1. The second-order valence-corrected chi connectivity index (χ2v) is 4.85. The lowest BCUT2D eigenvalue weighted by Crippen LogP contribution is -2.06. The quantitative estimate of drug-likeness (QED) is 0.633. The summed E-state index contributed by atoms with van der Waals surface area (Å²) in [5, 5.41) is 8.78. The number of esters is 1. The number of nitrogens with zero attached hydrogens (tertiary/aromatic N) is 1. The molecule has 3 nitrogen and oxygen atoms in total. The van der Waals surface area contributed by atoms with Gasteiger partial charge in [-0.1, -0.05) is 15.9 Å². The summed E-state index contributed by atoms with van der Waals surface area (Å²) in [6.07, 6.45) is 0. The first-order chi connectivity index (χ1) is 7.65. The number of thioether (sulfide) groups is 1. The molecule has 0 atom stereocenters. The zero-order chi connectivity index (χ0) is 12.0. The molecule has 84 valence electrons. The van der Waals surface area contributed by atoms with Gasteiger partial charge in [0.15, 0.2) is 0 Å². The molecule has 0 saturated carbocycles. The molecule has 0 aliphatic carbocycles. The van der Waals surface area contributed by atoms with Gasteiger partial charge in [-0.2, -0.15) is 5.26 Å². The molecule has 16 heavy (non-hydrogen) atoms. The Hall–Kier alpha value is -0.990. The highest BCUT2D eigenvalue weighted by Crippen LogP contribution is 2.24.